The van der Waals surface area contributed by atoms with E-state index in [9.17, 15) is 14.9 Å². The van der Waals surface area contributed by atoms with Crippen molar-refractivity contribution in [2.75, 3.05) is 13.2 Å². The van der Waals surface area contributed by atoms with Gasteiger partial charge in [-0.2, -0.15) is 5.26 Å². The van der Waals surface area contributed by atoms with Gasteiger partial charge in [0, 0.05) is 24.4 Å². The van der Waals surface area contributed by atoms with Crippen LogP contribution in [0.2, 0.25) is 0 Å². The lowest BCUT2D eigenvalue weighted by Gasteiger charge is -2.15. The molecule has 2 atom stereocenters. The molecule has 0 unspecified atom stereocenters. The summed E-state index contributed by atoms with van der Waals surface area (Å²) in [4.78, 5) is 28.1. The first-order valence-corrected chi connectivity index (χ1v) is 8.79. The minimum Gasteiger partial charge on any atom is -0.376 e. The van der Waals surface area contributed by atoms with Crippen LogP contribution in [0.4, 0.5) is 0 Å². The number of pyridine rings is 1. The Morgan fingerprint density at radius 2 is 2.33 bits per heavy atom. The van der Waals surface area contributed by atoms with E-state index >= 15 is 0 Å². The number of rotatable bonds is 6. The highest BCUT2D eigenvalue weighted by atomic mass is 32.2. The SMILES string of the molecule is CC(=O)c1cc(C#N)c(S[C@H](C)C(=O)NC[C@@H]2CCCO2)nc1C. The monoisotopic (exact) mass is 347 g/mol. The summed E-state index contributed by atoms with van der Waals surface area (Å²) >= 11 is 1.22. The van der Waals surface area contributed by atoms with Gasteiger partial charge in [0.15, 0.2) is 5.78 Å². The summed E-state index contributed by atoms with van der Waals surface area (Å²) in [5, 5.41) is 12.2. The summed E-state index contributed by atoms with van der Waals surface area (Å²) in [5.41, 5.74) is 1.32. The van der Waals surface area contributed by atoms with Crippen LogP contribution in [-0.2, 0) is 9.53 Å². The van der Waals surface area contributed by atoms with E-state index in [-0.39, 0.29) is 17.8 Å². The Morgan fingerprint density at radius 1 is 1.58 bits per heavy atom. The number of nitrogens with one attached hydrogen (secondary N) is 1. The lowest BCUT2D eigenvalue weighted by Crippen LogP contribution is -2.36. The molecule has 0 aromatic carbocycles. The van der Waals surface area contributed by atoms with Crippen molar-refractivity contribution in [3.8, 4) is 6.07 Å². The number of nitrogens with zero attached hydrogens (tertiary/aromatic N) is 2. The van der Waals surface area contributed by atoms with Crippen LogP contribution in [0, 0.1) is 18.3 Å². The van der Waals surface area contributed by atoms with Gasteiger partial charge in [-0.15, -0.1) is 0 Å². The van der Waals surface area contributed by atoms with Crippen LogP contribution in [0.3, 0.4) is 0 Å². The zero-order valence-electron chi connectivity index (χ0n) is 14.1. The number of thioether (sulfide) groups is 1. The number of amides is 1. The summed E-state index contributed by atoms with van der Waals surface area (Å²) < 4.78 is 5.48. The fourth-order valence-corrected chi connectivity index (χ4v) is 3.44. The Balaban J connectivity index is 2.03. The van der Waals surface area contributed by atoms with Gasteiger partial charge in [0.2, 0.25) is 5.91 Å². The average Bonchev–Trinajstić information content (AvgIpc) is 3.05. The highest BCUT2D eigenvalue weighted by Gasteiger charge is 2.21. The molecule has 24 heavy (non-hydrogen) atoms. The molecule has 0 spiro atoms. The van der Waals surface area contributed by atoms with Gasteiger partial charge in [0.25, 0.3) is 0 Å². The maximum absolute atomic E-state index is 12.2. The Morgan fingerprint density at radius 3 is 2.92 bits per heavy atom. The molecule has 1 amide bonds. The molecule has 1 saturated heterocycles. The van der Waals surface area contributed by atoms with Gasteiger partial charge in [-0.25, -0.2) is 4.98 Å². The average molecular weight is 347 g/mol. The first-order valence-electron chi connectivity index (χ1n) is 7.91. The second-order valence-corrected chi connectivity index (χ2v) is 7.11. The lowest BCUT2D eigenvalue weighted by atomic mass is 10.1. The fraction of sp³-hybridized carbons (Fsp3) is 0.529. The molecule has 1 fully saturated rings. The Bertz CT molecular complexity index is 678. The zero-order chi connectivity index (χ0) is 17.7. The van der Waals surface area contributed by atoms with Gasteiger partial charge in [0.1, 0.15) is 11.1 Å². The highest BCUT2D eigenvalue weighted by Crippen LogP contribution is 2.27. The van der Waals surface area contributed by atoms with Crippen molar-refractivity contribution in [2.45, 2.75) is 50.0 Å². The smallest absolute Gasteiger partial charge is 0.233 e. The molecule has 2 heterocycles. The van der Waals surface area contributed by atoms with Crippen molar-refractivity contribution in [2.24, 2.45) is 0 Å². The molecule has 1 aromatic rings. The number of hydrogen-bond donors (Lipinski definition) is 1. The molecule has 1 aliphatic heterocycles. The van der Waals surface area contributed by atoms with Crippen molar-refractivity contribution in [1.82, 2.24) is 10.3 Å². The van der Waals surface area contributed by atoms with Gasteiger partial charge in [-0.3, -0.25) is 9.59 Å². The number of carbonyl (C=O) groups excluding carboxylic acids is 2. The zero-order valence-corrected chi connectivity index (χ0v) is 14.9. The molecule has 2 rings (SSSR count). The third-order valence-corrected chi connectivity index (χ3v) is 4.97. The van der Waals surface area contributed by atoms with Gasteiger partial charge < -0.3 is 10.1 Å². The number of carbonyl (C=O) groups is 2. The minimum atomic E-state index is -0.395. The standard InChI is InChI=1S/C17H21N3O3S/c1-10-15(11(2)21)7-13(8-18)17(20-10)24-12(3)16(22)19-9-14-5-4-6-23-14/h7,12,14H,4-6,9H2,1-3H3,(H,19,22)/t12-,14+/m1/s1. The highest BCUT2D eigenvalue weighted by molar-refractivity contribution is 8.00. The quantitative estimate of drug-likeness (QED) is 0.627. The second-order valence-electron chi connectivity index (χ2n) is 5.78. The maximum Gasteiger partial charge on any atom is 0.233 e. The van der Waals surface area contributed by atoms with E-state index < -0.39 is 5.25 Å². The van der Waals surface area contributed by atoms with Crippen LogP contribution in [0.5, 0.6) is 0 Å². The molecule has 1 aromatic heterocycles. The minimum absolute atomic E-state index is 0.0936. The van der Waals surface area contributed by atoms with Crippen molar-refractivity contribution in [3.05, 3.63) is 22.9 Å². The van der Waals surface area contributed by atoms with E-state index in [4.69, 9.17) is 4.74 Å². The molecule has 128 valence electrons. The second kappa shape index (κ2) is 8.27. The van der Waals surface area contributed by atoms with Crippen molar-refractivity contribution in [1.29, 1.82) is 5.26 Å². The van der Waals surface area contributed by atoms with Gasteiger partial charge in [-0.1, -0.05) is 11.8 Å². The first kappa shape index (κ1) is 18.4. The van der Waals surface area contributed by atoms with Crippen molar-refractivity contribution >= 4 is 23.5 Å². The Hall–Kier alpha value is -1.91. The summed E-state index contributed by atoms with van der Waals surface area (Å²) in [6.07, 6.45) is 2.09. The van der Waals surface area contributed by atoms with Crippen molar-refractivity contribution in [3.63, 3.8) is 0 Å². The van der Waals surface area contributed by atoms with Gasteiger partial charge in [-0.05, 0) is 39.7 Å². The number of ether oxygens (including phenoxy) is 1. The molecular formula is C17H21N3O3S. The van der Waals surface area contributed by atoms with Crippen LogP contribution < -0.4 is 5.32 Å². The fourth-order valence-electron chi connectivity index (χ4n) is 2.49. The van der Waals surface area contributed by atoms with Gasteiger partial charge in [0.05, 0.1) is 16.9 Å². The van der Waals surface area contributed by atoms with Crippen LogP contribution in [-0.4, -0.2) is 41.2 Å². The van der Waals surface area contributed by atoms with E-state index in [0.717, 1.165) is 19.4 Å². The number of Topliss-reactive ketones (excluding diaryl/α,β-unsaturated/α-hetero) is 1. The topological polar surface area (TPSA) is 92.1 Å². The van der Waals surface area contributed by atoms with Crippen LogP contribution in [0.1, 0.15) is 48.3 Å². The maximum atomic E-state index is 12.2. The molecule has 1 aliphatic rings. The molecule has 0 saturated carbocycles. The molecule has 1 N–H and O–H groups in total. The van der Waals surface area contributed by atoms with E-state index in [0.29, 0.717) is 28.4 Å². The number of hydrogen-bond acceptors (Lipinski definition) is 6. The molecule has 0 bridgehead atoms. The van der Waals surface area contributed by atoms with Crippen LogP contribution in [0.15, 0.2) is 11.1 Å². The normalized spacial score (nSPS) is 18.0. The number of ketones is 1. The number of aromatic nitrogens is 1. The van der Waals surface area contributed by atoms with Crippen LogP contribution >= 0.6 is 11.8 Å². The predicted octanol–water partition coefficient (Wildman–Crippen LogP) is 2.24. The molecule has 0 aliphatic carbocycles. The first-order chi connectivity index (χ1) is 11.4. The lowest BCUT2D eigenvalue weighted by molar-refractivity contribution is -0.120. The molecule has 0 radical (unpaired) electrons. The largest absolute Gasteiger partial charge is 0.376 e. The predicted molar refractivity (Wildman–Crippen MR) is 91.0 cm³/mol. The molecule has 6 nitrogen and oxygen atoms in total. The number of aryl methyl sites for hydroxylation is 1. The van der Waals surface area contributed by atoms with Crippen LogP contribution in [0.25, 0.3) is 0 Å². The summed E-state index contributed by atoms with van der Waals surface area (Å²) in [7, 11) is 0. The Kier molecular flexibility index (Phi) is 6.35. The van der Waals surface area contributed by atoms with Gasteiger partial charge >= 0.3 is 0 Å². The van der Waals surface area contributed by atoms with E-state index in [2.05, 4.69) is 16.4 Å². The van der Waals surface area contributed by atoms with Crippen molar-refractivity contribution < 1.29 is 14.3 Å². The molecular weight excluding hydrogens is 326 g/mol. The third-order valence-electron chi connectivity index (χ3n) is 3.86. The summed E-state index contributed by atoms with van der Waals surface area (Å²) in [6.45, 7) is 6.20. The van der Waals surface area contributed by atoms with E-state index in [1.165, 1.54) is 18.7 Å². The number of nitriles is 1. The third kappa shape index (κ3) is 4.56. The Labute approximate surface area is 146 Å². The summed E-state index contributed by atoms with van der Waals surface area (Å²) in [5.74, 6) is -0.245. The summed E-state index contributed by atoms with van der Waals surface area (Å²) in [6, 6.07) is 3.60. The van der Waals surface area contributed by atoms with E-state index in [1.807, 2.05) is 0 Å². The molecule has 7 heteroatoms. The van der Waals surface area contributed by atoms with E-state index in [1.54, 1.807) is 19.9 Å².